The molecule has 0 nitrogen and oxygen atoms in total. The van der Waals surface area contributed by atoms with Gasteiger partial charge in [0.15, 0.2) is 0 Å². The summed E-state index contributed by atoms with van der Waals surface area (Å²) in [5.41, 5.74) is 0. The molecule has 0 unspecified atom stereocenters. The van der Waals surface area contributed by atoms with E-state index in [1.54, 1.807) is 0 Å². The Bertz CT molecular complexity index is 236. The van der Waals surface area contributed by atoms with Gasteiger partial charge in [-0.05, 0) is 36.0 Å². The van der Waals surface area contributed by atoms with Gasteiger partial charge in [0, 0.05) is 0 Å². The summed E-state index contributed by atoms with van der Waals surface area (Å²) in [5, 5.41) is 0. The van der Waals surface area contributed by atoms with Crippen LogP contribution in [0.15, 0.2) is 24.3 Å². The number of hydrogen-bond donors (Lipinski definition) is 0. The molecule has 0 heteroatoms. The first-order valence-electron chi connectivity index (χ1n) is 4.73. The van der Waals surface area contributed by atoms with Crippen LogP contribution in [0.1, 0.15) is 13.3 Å². The molecule has 0 heterocycles. The summed E-state index contributed by atoms with van der Waals surface area (Å²) >= 11 is 0. The SMILES string of the molecule is C[C@@H]1C=C[C@@H]2[C@@H]1[C@H]1C=C[C@H]2C1. The van der Waals surface area contributed by atoms with E-state index in [9.17, 15) is 0 Å². The highest BCUT2D eigenvalue weighted by Crippen LogP contribution is 2.54. The molecule has 3 aliphatic carbocycles. The smallest absolute Gasteiger partial charge is 0.0131 e. The Labute approximate surface area is 68.0 Å². The molecule has 1 fully saturated rings. The lowest BCUT2D eigenvalue weighted by atomic mass is 9.81. The fourth-order valence-electron chi connectivity index (χ4n) is 3.34. The summed E-state index contributed by atoms with van der Waals surface area (Å²) < 4.78 is 0. The quantitative estimate of drug-likeness (QED) is 0.461. The van der Waals surface area contributed by atoms with Crippen molar-refractivity contribution in [3.8, 4) is 0 Å². The molecule has 5 atom stereocenters. The van der Waals surface area contributed by atoms with E-state index in [0.29, 0.717) is 0 Å². The van der Waals surface area contributed by atoms with Crippen LogP contribution in [-0.4, -0.2) is 0 Å². The molecule has 58 valence electrons. The monoisotopic (exact) mass is 146 g/mol. The summed E-state index contributed by atoms with van der Waals surface area (Å²) in [4.78, 5) is 0. The van der Waals surface area contributed by atoms with Crippen molar-refractivity contribution in [1.29, 1.82) is 0 Å². The molecule has 0 aliphatic heterocycles. The minimum absolute atomic E-state index is 0.847. The minimum atomic E-state index is 0.847. The molecule has 0 radical (unpaired) electrons. The molecule has 11 heavy (non-hydrogen) atoms. The van der Waals surface area contributed by atoms with Crippen molar-refractivity contribution in [1.82, 2.24) is 0 Å². The van der Waals surface area contributed by atoms with E-state index in [4.69, 9.17) is 0 Å². The van der Waals surface area contributed by atoms with Crippen LogP contribution in [0.5, 0.6) is 0 Å². The highest BCUT2D eigenvalue weighted by Gasteiger charge is 2.47. The second-order valence-electron chi connectivity index (χ2n) is 4.35. The standard InChI is InChI=1S/C11H14/c1-7-2-5-10-8-3-4-9(6-8)11(7)10/h2-5,7-11H,6H2,1H3/t7-,8+,9+,10+,11+/m1/s1. The lowest BCUT2D eigenvalue weighted by Crippen LogP contribution is -2.18. The molecule has 1 saturated carbocycles. The van der Waals surface area contributed by atoms with Crippen LogP contribution in [0.4, 0.5) is 0 Å². The van der Waals surface area contributed by atoms with Crippen molar-refractivity contribution in [2.45, 2.75) is 13.3 Å². The average molecular weight is 146 g/mol. The maximum Gasteiger partial charge on any atom is -0.0131 e. The van der Waals surface area contributed by atoms with Crippen LogP contribution in [0, 0.1) is 29.6 Å². The van der Waals surface area contributed by atoms with E-state index in [0.717, 1.165) is 29.6 Å². The first kappa shape index (κ1) is 6.05. The van der Waals surface area contributed by atoms with Crippen molar-refractivity contribution in [3.05, 3.63) is 24.3 Å². The van der Waals surface area contributed by atoms with Crippen molar-refractivity contribution in [2.75, 3.05) is 0 Å². The van der Waals surface area contributed by atoms with E-state index >= 15 is 0 Å². The van der Waals surface area contributed by atoms with Gasteiger partial charge >= 0.3 is 0 Å². The molecule has 0 amide bonds. The van der Waals surface area contributed by atoms with E-state index in [1.165, 1.54) is 6.42 Å². The van der Waals surface area contributed by atoms with E-state index in [-0.39, 0.29) is 0 Å². The summed E-state index contributed by atoms with van der Waals surface area (Å²) in [6, 6.07) is 0. The summed E-state index contributed by atoms with van der Waals surface area (Å²) in [6.07, 6.45) is 11.2. The third kappa shape index (κ3) is 0.610. The zero-order valence-corrected chi connectivity index (χ0v) is 6.90. The zero-order valence-electron chi connectivity index (χ0n) is 6.90. The van der Waals surface area contributed by atoms with E-state index in [1.807, 2.05) is 0 Å². The van der Waals surface area contributed by atoms with Crippen LogP contribution in [-0.2, 0) is 0 Å². The third-order valence-electron chi connectivity index (χ3n) is 3.83. The number of rotatable bonds is 0. The predicted molar refractivity (Wildman–Crippen MR) is 46.0 cm³/mol. The highest BCUT2D eigenvalue weighted by molar-refractivity contribution is 5.23. The highest BCUT2D eigenvalue weighted by atomic mass is 14.5. The van der Waals surface area contributed by atoms with Crippen LogP contribution in [0.2, 0.25) is 0 Å². The van der Waals surface area contributed by atoms with Crippen molar-refractivity contribution < 1.29 is 0 Å². The average Bonchev–Trinajstić information content (AvgIpc) is 2.60. The van der Waals surface area contributed by atoms with Gasteiger partial charge in [0.05, 0.1) is 0 Å². The Morgan fingerprint density at radius 2 is 1.82 bits per heavy atom. The molecule has 0 saturated heterocycles. The van der Waals surface area contributed by atoms with Crippen molar-refractivity contribution in [2.24, 2.45) is 29.6 Å². The second kappa shape index (κ2) is 1.80. The first-order valence-corrected chi connectivity index (χ1v) is 4.73. The maximum atomic E-state index is 2.46. The van der Waals surface area contributed by atoms with Crippen LogP contribution >= 0.6 is 0 Å². The molecule has 0 aromatic heterocycles. The second-order valence-corrected chi connectivity index (χ2v) is 4.35. The molecule has 2 bridgehead atoms. The normalized spacial score (nSPS) is 57.4. The molecular weight excluding hydrogens is 132 g/mol. The Balaban J connectivity index is 2.02. The minimum Gasteiger partial charge on any atom is -0.0851 e. The predicted octanol–water partition coefficient (Wildman–Crippen LogP) is 2.63. The van der Waals surface area contributed by atoms with Gasteiger partial charge < -0.3 is 0 Å². The number of hydrogen-bond acceptors (Lipinski definition) is 0. The van der Waals surface area contributed by atoms with Gasteiger partial charge in [-0.1, -0.05) is 31.2 Å². The molecule has 0 aromatic carbocycles. The summed E-state index contributed by atoms with van der Waals surface area (Å²) in [7, 11) is 0. The molecule has 3 rings (SSSR count). The van der Waals surface area contributed by atoms with Gasteiger partial charge in [-0.3, -0.25) is 0 Å². The fourth-order valence-corrected chi connectivity index (χ4v) is 3.34. The largest absolute Gasteiger partial charge is 0.0851 e. The molecule has 0 N–H and O–H groups in total. The lowest BCUT2D eigenvalue weighted by Gasteiger charge is -2.23. The lowest BCUT2D eigenvalue weighted by molar-refractivity contribution is 0.326. The number of allylic oxidation sites excluding steroid dienone is 4. The van der Waals surface area contributed by atoms with Gasteiger partial charge in [0.1, 0.15) is 0 Å². The topological polar surface area (TPSA) is 0 Å². The summed E-state index contributed by atoms with van der Waals surface area (Å²) in [6.45, 7) is 2.37. The van der Waals surface area contributed by atoms with E-state index in [2.05, 4.69) is 31.2 Å². The Hall–Kier alpha value is -0.520. The third-order valence-corrected chi connectivity index (χ3v) is 3.83. The maximum absolute atomic E-state index is 2.46. The Kier molecular flexibility index (Phi) is 0.988. The first-order chi connectivity index (χ1) is 5.36. The molecule has 3 aliphatic rings. The van der Waals surface area contributed by atoms with Gasteiger partial charge in [-0.15, -0.1) is 0 Å². The van der Waals surface area contributed by atoms with E-state index < -0.39 is 0 Å². The van der Waals surface area contributed by atoms with Gasteiger partial charge in [-0.2, -0.15) is 0 Å². The molecular formula is C11H14. The zero-order chi connectivity index (χ0) is 7.42. The van der Waals surface area contributed by atoms with Crippen LogP contribution < -0.4 is 0 Å². The van der Waals surface area contributed by atoms with Crippen LogP contribution in [0.25, 0.3) is 0 Å². The van der Waals surface area contributed by atoms with Crippen molar-refractivity contribution >= 4 is 0 Å². The fraction of sp³-hybridized carbons (Fsp3) is 0.636. The van der Waals surface area contributed by atoms with Crippen LogP contribution in [0.3, 0.4) is 0 Å². The van der Waals surface area contributed by atoms with Crippen molar-refractivity contribution in [3.63, 3.8) is 0 Å². The van der Waals surface area contributed by atoms with Gasteiger partial charge in [-0.25, -0.2) is 0 Å². The number of fused-ring (bicyclic) bond motifs is 5. The van der Waals surface area contributed by atoms with Gasteiger partial charge in [0.25, 0.3) is 0 Å². The Morgan fingerprint density at radius 3 is 2.64 bits per heavy atom. The molecule has 0 aromatic rings. The summed E-state index contributed by atoms with van der Waals surface area (Å²) in [5.74, 6) is 4.58. The molecule has 0 spiro atoms. The van der Waals surface area contributed by atoms with Gasteiger partial charge in [0.2, 0.25) is 0 Å². The Morgan fingerprint density at radius 1 is 1.00 bits per heavy atom.